The van der Waals surface area contributed by atoms with Gasteiger partial charge in [0.2, 0.25) is 5.91 Å². The molecule has 1 amide bonds. The second-order valence-electron chi connectivity index (χ2n) is 7.51. The molecule has 0 heterocycles. The summed E-state index contributed by atoms with van der Waals surface area (Å²) in [6, 6.07) is 16.1. The average Bonchev–Trinajstić information content (AvgIpc) is 2.70. The van der Waals surface area contributed by atoms with Gasteiger partial charge in [-0.05, 0) is 29.3 Å². The zero-order valence-corrected chi connectivity index (χ0v) is 17.2. The van der Waals surface area contributed by atoms with Crippen molar-refractivity contribution in [1.29, 1.82) is 0 Å². The van der Waals surface area contributed by atoms with Gasteiger partial charge in [-0.1, -0.05) is 49.1 Å². The van der Waals surface area contributed by atoms with Gasteiger partial charge in [0.25, 0.3) is 0 Å². The van der Waals surface area contributed by atoms with Crippen LogP contribution in [-0.4, -0.2) is 44.7 Å². The zero-order valence-electron chi connectivity index (χ0n) is 17.2. The molecule has 28 heavy (non-hydrogen) atoms. The number of benzene rings is 2. The molecule has 2 rings (SSSR count). The number of hydrogen-bond acceptors (Lipinski definition) is 2. The first-order valence-electron chi connectivity index (χ1n) is 9.55. The number of amides is 1. The van der Waals surface area contributed by atoms with Crippen molar-refractivity contribution in [1.82, 2.24) is 5.32 Å². The molecule has 1 N–H and O–H groups in total. The number of carbonyl (C=O) groups is 1. The van der Waals surface area contributed by atoms with Crippen LogP contribution in [0.25, 0.3) is 12.2 Å². The Bertz CT molecular complexity index is 790. The topological polar surface area (TPSA) is 38.3 Å². The highest BCUT2D eigenvalue weighted by Crippen LogP contribution is 2.13. The van der Waals surface area contributed by atoms with Crippen molar-refractivity contribution in [3.05, 3.63) is 77.9 Å². The Labute approximate surface area is 168 Å². The maximum absolute atomic E-state index is 12.0. The van der Waals surface area contributed by atoms with E-state index in [9.17, 15) is 4.79 Å². The molecule has 0 saturated carbocycles. The van der Waals surface area contributed by atoms with E-state index in [-0.39, 0.29) is 5.91 Å². The van der Waals surface area contributed by atoms with Crippen molar-refractivity contribution in [3.63, 3.8) is 0 Å². The normalized spacial score (nSPS) is 11.4. The van der Waals surface area contributed by atoms with Crippen LogP contribution in [0.1, 0.15) is 23.1 Å². The number of ether oxygens (including phenoxy) is 1. The van der Waals surface area contributed by atoms with Crippen LogP contribution in [0.3, 0.4) is 0 Å². The van der Waals surface area contributed by atoms with Gasteiger partial charge in [0.05, 0.1) is 27.7 Å². The second-order valence-corrected chi connectivity index (χ2v) is 7.51. The summed E-state index contributed by atoms with van der Waals surface area (Å²) in [5.74, 6) is 0.736. The van der Waals surface area contributed by atoms with Crippen LogP contribution in [0.4, 0.5) is 0 Å². The van der Waals surface area contributed by atoms with Crippen LogP contribution in [-0.2, 0) is 11.3 Å². The zero-order chi connectivity index (χ0) is 20.4. The van der Waals surface area contributed by atoms with Gasteiger partial charge < -0.3 is 14.5 Å². The predicted octanol–water partition coefficient (Wildman–Crippen LogP) is 4.13. The van der Waals surface area contributed by atoms with Crippen LogP contribution in [0.2, 0.25) is 0 Å². The minimum absolute atomic E-state index is 0.0684. The highest BCUT2D eigenvalue weighted by atomic mass is 16.5. The van der Waals surface area contributed by atoms with Crippen LogP contribution < -0.4 is 10.1 Å². The summed E-state index contributed by atoms with van der Waals surface area (Å²) in [6.07, 6.45) is 6.17. The molecule has 2 aromatic rings. The van der Waals surface area contributed by atoms with E-state index in [4.69, 9.17) is 4.74 Å². The number of rotatable bonds is 10. The molecule has 4 nitrogen and oxygen atoms in total. The van der Waals surface area contributed by atoms with Crippen LogP contribution >= 0.6 is 0 Å². The summed E-state index contributed by atoms with van der Waals surface area (Å²) >= 11 is 0. The molecule has 0 bridgehead atoms. The molecule has 0 fully saturated rings. The monoisotopic (exact) mass is 379 g/mol. The Balaban J connectivity index is 1.71. The molecule has 2 aromatic carbocycles. The van der Waals surface area contributed by atoms with E-state index >= 15 is 0 Å². The van der Waals surface area contributed by atoms with E-state index < -0.39 is 0 Å². The molecule has 0 aromatic heterocycles. The summed E-state index contributed by atoms with van der Waals surface area (Å²) in [7, 11) is 6.07. The summed E-state index contributed by atoms with van der Waals surface area (Å²) in [4.78, 5) is 12.0. The number of nitrogens with zero attached hydrogens (tertiary/aromatic N) is 1. The van der Waals surface area contributed by atoms with Gasteiger partial charge >= 0.3 is 0 Å². The van der Waals surface area contributed by atoms with Gasteiger partial charge in [-0.3, -0.25) is 4.79 Å². The smallest absolute Gasteiger partial charge is 0.244 e. The SMILES string of the molecule is C=Cc1ccc(C[N+](C)(C)CCCNC(=O)/C=C/c2ccc(OC)cc2)cc1. The molecule has 0 atom stereocenters. The van der Waals surface area contributed by atoms with E-state index in [1.165, 1.54) is 5.56 Å². The van der Waals surface area contributed by atoms with E-state index in [1.807, 2.05) is 36.4 Å². The Hall–Kier alpha value is -2.85. The Kier molecular flexibility index (Phi) is 8.02. The largest absolute Gasteiger partial charge is 0.497 e. The maximum Gasteiger partial charge on any atom is 0.244 e. The Morgan fingerprint density at radius 2 is 1.71 bits per heavy atom. The molecule has 0 aliphatic carbocycles. The van der Waals surface area contributed by atoms with Crippen molar-refractivity contribution in [2.75, 3.05) is 34.3 Å². The first kappa shape index (κ1) is 21.5. The quantitative estimate of drug-likeness (QED) is 0.383. The molecular weight excluding hydrogens is 348 g/mol. The van der Waals surface area contributed by atoms with Crippen LogP contribution in [0.5, 0.6) is 5.75 Å². The van der Waals surface area contributed by atoms with Crippen molar-refractivity contribution in [3.8, 4) is 5.75 Å². The summed E-state index contributed by atoms with van der Waals surface area (Å²) < 4.78 is 6.01. The molecule has 0 radical (unpaired) electrons. The molecule has 0 saturated heterocycles. The van der Waals surface area contributed by atoms with Crippen LogP contribution in [0.15, 0.2) is 61.2 Å². The van der Waals surface area contributed by atoms with Crippen molar-refractivity contribution < 1.29 is 14.0 Å². The lowest BCUT2D eigenvalue weighted by Crippen LogP contribution is -2.40. The highest BCUT2D eigenvalue weighted by Gasteiger charge is 2.15. The minimum Gasteiger partial charge on any atom is -0.497 e. The van der Waals surface area contributed by atoms with Crippen LogP contribution in [0, 0.1) is 0 Å². The van der Waals surface area contributed by atoms with Crippen molar-refractivity contribution in [2.24, 2.45) is 0 Å². The van der Waals surface area contributed by atoms with Gasteiger partial charge in [0, 0.05) is 24.6 Å². The first-order valence-corrected chi connectivity index (χ1v) is 9.55. The second kappa shape index (κ2) is 10.5. The number of hydrogen-bond donors (Lipinski definition) is 1. The first-order chi connectivity index (χ1) is 13.4. The molecule has 0 unspecified atom stereocenters. The fraction of sp³-hybridized carbons (Fsp3) is 0.292. The molecule has 148 valence electrons. The highest BCUT2D eigenvalue weighted by molar-refractivity contribution is 5.91. The number of carbonyl (C=O) groups excluding carboxylic acids is 1. The van der Waals surface area contributed by atoms with Gasteiger partial charge in [0.15, 0.2) is 0 Å². The van der Waals surface area contributed by atoms with E-state index in [1.54, 1.807) is 13.2 Å². The number of quaternary nitrogens is 1. The average molecular weight is 380 g/mol. The maximum atomic E-state index is 12.0. The van der Waals surface area contributed by atoms with Gasteiger partial charge in [0.1, 0.15) is 12.3 Å². The predicted molar refractivity (Wildman–Crippen MR) is 117 cm³/mol. The number of nitrogens with one attached hydrogen (secondary N) is 1. The lowest BCUT2D eigenvalue weighted by Gasteiger charge is -2.30. The molecular formula is C24H31N2O2+. The third-order valence-electron chi connectivity index (χ3n) is 4.61. The lowest BCUT2D eigenvalue weighted by molar-refractivity contribution is -0.903. The molecule has 4 heteroatoms. The fourth-order valence-corrected chi connectivity index (χ4v) is 3.00. The lowest BCUT2D eigenvalue weighted by atomic mass is 10.1. The Morgan fingerprint density at radius 3 is 2.32 bits per heavy atom. The minimum atomic E-state index is -0.0684. The van der Waals surface area contributed by atoms with E-state index in [0.29, 0.717) is 6.54 Å². The third-order valence-corrected chi connectivity index (χ3v) is 4.61. The number of methoxy groups -OCH3 is 1. The van der Waals surface area contributed by atoms with Crippen molar-refractivity contribution >= 4 is 18.1 Å². The standard InChI is InChI=1S/C24H30N2O2/c1-5-20-7-9-22(10-8-20)19-26(2,3)18-6-17-25-24(27)16-13-21-11-14-23(28-4)15-12-21/h5,7-16H,1,6,17-19H2,2-4H3/p+1/b16-13+. The summed E-state index contributed by atoms with van der Waals surface area (Å²) in [6.45, 7) is 6.41. The van der Waals surface area contributed by atoms with Gasteiger partial charge in [-0.2, -0.15) is 0 Å². The van der Waals surface area contributed by atoms with Gasteiger partial charge in [-0.25, -0.2) is 0 Å². The molecule has 0 spiro atoms. The molecule has 0 aliphatic rings. The summed E-state index contributed by atoms with van der Waals surface area (Å²) in [5, 5.41) is 2.96. The van der Waals surface area contributed by atoms with E-state index in [0.717, 1.165) is 40.9 Å². The third kappa shape index (κ3) is 7.41. The fourth-order valence-electron chi connectivity index (χ4n) is 3.00. The van der Waals surface area contributed by atoms with E-state index in [2.05, 4.69) is 50.3 Å². The molecule has 0 aliphatic heterocycles. The Morgan fingerprint density at radius 1 is 1.07 bits per heavy atom. The van der Waals surface area contributed by atoms with Gasteiger partial charge in [-0.15, -0.1) is 0 Å². The van der Waals surface area contributed by atoms with Crippen molar-refractivity contribution in [2.45, 2.75) is 13.0 Å². The summed E-state index contributed by atoms with van der Waals surface area (Å²) in [5.41, 5.74) is 3.41.